The first-order valence-electron chi connectivity index (χ1n) is 3.97. The van der Waals surface area contributed by atoms with Gasteiger partial charge in [0, 0.05) is 17.2 Å². The molecule has 1 aliphatic rings. The van der Waals surface area contributed by atoms with Gasteiger partial charge in [0.25, 0.3) is 0 Å². The quantitative estimate of drug-likeness (QED) is 0.698. The summed E-state index contributed by atoms with van der Waals surface area (Å²) in [7, 11) is 0. The molecule has 0 unspecified atom stereocenters. The third kappa shape index (κ3) is 1.42. The van der Waals surface area contributed by atoms with Gasteiger partial charge in [-0.25, -0.2) is 8.78 Å². The van der Waals surface area contributed by atoms with E-state index in [0.29, 0.717) is 5.56 Å². The Morgan fingerprint density at radius 3 is 2.38 bits per heavy atom. The van der Waals surface area contributed by atoms with Crippen molar-refractivity contribution in [2.45, 2.75) is 18.4 Å². The average molecular weight is 204 g/mol. The van der Waals surface area contributed by atoms with E-state index in [-0.39, 0.29) is 5.02 Å². The lowest BCUT2D eigenvalue weighted by Gasteiger charge is -2.10. The molecule has 0 heterocycles. The molecule has 70 valence electrons. The van der Waals surface area contributed by atoms with Crippen LogP contribution in [0.15, 0.2) is 12.1 Å². The molecule has 13 heavy (non-hydrogen) atoms. The van der Waals surface area contributed by atoms with Crippen LogP contribution in [0, 0.1) is 11.6 Å². The van der Waals surface area contributed by atoms with E-state index in [2.05, 4.69) is 0 Å². The van der Waals surface area contributed by atoms with Crippen LogP contribution in [0.4, 0.5) is 8.78 Å². The number of benzene rings is 1. The molecule has 0 amide bonds. The molecule has 1 fully saturated rings. The maximum Gasteiger partial charge on any atom is 0.144 e. The van der Waals surface area contributed by atoms with Gasteiger partial charge in [-0.15, -0.1) is 0 Å². The van der Waals surface area contributed by atoms with Crippen molar-refractivity contribution < 1.29 is 8.78 Å². The van der Waals surface area contributed by atoms with Crippen LogP contribution in [0.1, 0.15) is 18.4 Å². The first kappa shape index (κ1) is 8.91. The van der Waals surface area contributed by atoms with Crippen molar-refractivity contribution in [1.29, 1.82) is 0 Å². The summed E-state index contributed by atoms with van der Waals surface area (Å²) in [6, 6.07) is 2.06. The zero-order valence-electron chi connectivity index (χ0n) is 6.78. The lowest BCUT2D eigenvalue weighted by atomic mass is 10.1. The third-order valence-corrected chi connectivity index (χ3v) is 2.62. The molecular weight excluding hydrogens is 196 g/mol. The van der Waals surface area contributed by atoms with Gasteiger partial charge in [-0.3, -0.25) is 0 Å². The van der Waals surface area contributed by atoms with E-state index in [1.54, 1.807) is 0 Å². The van der Waals surface area contributed by atoms with Gasteiger partial charge < -0.3 is 5.73 Å². The van der Waals surface area contributed by atoms with Crippen LogP contribution < -0.4 is 5.73 Å². The van der Waals surface area contributed by atoms with E-state index < -0.39 is 17.2 Å². The molecule has 4 heteroatoms. The van der Waals surface area contributed by atoms with Gasteiger partial charge >= 0.3 is 0 Å². The van der Waals surface area contributed by atoms with E-state index in [1.165, 1.54) is 6.07 Å². The van der Waals surface area contributed by atoms with E-state index in [0.717, 1.165) is 18.9 Å². The molecule has 0 aromatic heterocycles. The largest absolute Gasteiger partial charge is 0.321 e. The minimum atomic E-state index is -0.743. The van der Waals surface area contributed by atoms with Gasteiger partial charge in [0.05, 0.1) is 5.02 Å². The number of hydrogen-bond acceptors (Lipinski definition) is 1. The fourth-order valence-electron chi connectivity index (χ4n) is 1.31. The van der Waals surface area contributed by atoms with E-state index in [9.17, 15) is 8.78 Å². The fourth-order valence-corrected chi connectivity index (χ4v) is 1.47. The maximum absolute atomic E-state index is 13.2. The number of halogens is 3. The van der Waals surface area contributed by atoms with Crippen molar-refractivity contribution in [2.75, 3.05) is 0 Å². The molecule has 0 spiro atoms. The Morgan fingerprint density at radius 2 is 1.85 bits per heavy atom. The highest BCUT2D eigenvalue weighted by Crippen LogP contribution is 2.44. The minimum Gasteiger partial charge on any atom is -0.321 e. The van der Waals surface area contributed by atoms with Crippen molar-refractivity contribution in [3.8, 4) is 0 Å². The highest BCUT2D eigenvalue weighted by molar-refractivity contribution is 6.30. The number of nitrogens with two attached hydrogens (primary N) is 1. The highest BCUT2D eigenvalue weighted by atomic mass is 35.5. The summed E-state index contributed by atoms with van der Waals surface area (Å²) < 4.78 is 25.9. The molecule has 0 saturated heterocycles. The molecule has 2 N–H and O–H groups in total. The van der Waals surface area contributed by atoms with Crippen molar-refractivity contribution >= 4 is 11.6 Å². The first-order valence-corrected chi connectivity index (χ1v) is 4.35. The Bertz CT molecular complexity index is 361. The van der Waals surface area contributed by atoms with Crippen LogP contribution in [0.2, 0.25) is 5.02 Å². The Kier molecular flexibility index (Phi) is 1.82. The van der Waals surface area contributed by atoms with Crippen molar-refractivity contribution in [3.05, 3.63) is 34.4 Å². The lowest BCUT2D eigenvalue weighted by Crippen LogP contribution is -2.20. The zero-order valence-corrected chi connectivity index (χ0v) is 7.54. The normalized spacial score (nSPS) is 18.8. The van der Waals surface area contributed by atoms with Crippen LogP contribution >= 0.6 is 11.6 Å². The van der Waals surface area contributed by atoms with Gasteiger partial charge in [-0.05, 0) is 18.9 Å². The van der Waals surface area contributed by atoms with Gasteiger partial charge in [0.15, 0.2) is 0 Å². The summed E-state index contributed by atoms with van der Waals surface area (Å²) in [5.41, 5.74) is 5.48. The number of hydrogen-bond donors (Lipinski definition) is 1. The highest BCUT2D eigenvalue weighted by Gasteiger charge is 2.42. The van der Waals surface area contributed by atoms with Crippen molar-refractivity contribution in [3.63, 3.8) is 0 Å². The topological polar surface area (TPSA) is 26.0 Å². The Balaban J connectivity index is 2.52. The molecule has 2 rings (SSSR count). The fraction of sp³-hybridized carbons (Fsp3) is 0.333. The summed E-state index contributed by atoms with van der Waals surface area (Å²) in [6.07, 6.45) is 1.46. The Labute approximate surface area is 79.5 Å². The average Bonchev–Trinajstić information content (AvgIpc) is 2.77. The molecule has 1 aromatic rings. The lowest BCUT2D eigenvalue weighted by molar-refractivity contribution is 0.552. The molecule has 1 aliphatic carbocycles. The van der Waals surface area contributed by atoms with Crippen LogP contribution in [-0.2, 0) is 5.54 Å². The number of rotatable bonds is 1. The molecule has 0 bridgehead atoms. The maximum atomic E-state index is 13.2. The third-order valence-electron chi connectivity index (χ3n) is 2.34. The van der Waals surface area contributed by atoms with Crippen molar-refractivity contribution in [1.82, 2.24) is 0 Å². The van der Waals surface area contributed by atoms with Crippen LogP contribution in [0.5, 0.6) is 0 Å². The van der Waals surface area contributed by atoms with Gasteiger partial charge in [0.2, 0.25) is 0 Å². The monoisotopic (exact) mass is 203 g/mol. The first-order chi connectivity index (χ1) is 6.03. The second-order valence-corrected chi connectivity index (χ2v) is 3.81. The van der Waals surface area contributed by atoms with Crippen LogP contribution in [0.3, 0.4) is 0 Å². The summed E-state index contributed by atoms with van der Waals surface area (Å²) in [6.45, 7) is 0. The second kappa shape index (κ2) is 2.66. The molecule has 1 aromatic carbocycles. The van der Waals surface area contributed by atoms with Gasteiger partial charge in [-0.2, -0.15) is 0 Å². The summed E-state index contributed by atoms with van der Waals surface area (Å²) in [4.78, 5) is 0. The predicted octanol–water partition coefficient (Wildman–Crippen LogP) is 2.57. The molecule has 1 nitrogen and oxygen atoms in total. The van der Waals surface area contributed by atoms with Gasteiger partial charge in [0.1, 0.15) is 11.6 Å². The SMILES string of the molecule is NC1(c2cc(Cl)c(F)cc2F)CC1. The standard InChI is InChI=1S/C9H8ClF2N/c10-6-3-5(9(13)1-2-9)7(11)4-8(6)12/h3-4H,1-2,13H2. The van der Waals surface area contributed by atoms with E-state index in [4.69, 9.17) is 17.3 Å². The minimum absolute atomic E-state index is 0.0758. The molecule has 1 saturated carbocycles. The summed E-state index contributed by atoms with van der Waals surface area (Å²) in [5, 5.41) is -0.0758. The van der Waals surface area contributed by atoms with Gasteiger partial charge in [-0.1, -0.05) is 11.6 Å². The molecule has 0 atom stereocenters. The van der Waals surface area contributed by atoms with E-state index in [1.807, 2.05) is 0 Å². The van der Waals surface area contributed by atoms with Crippen LogP contribution in [0.25, 0.3) is 0 Å². The summed E-state index contributed by atoms with van der Waals surface area (Å²) >= 11 is 5.52. The Hall–Kier alpha value is -0.670. The van der Waals surface area contributed by atoms with Crippen LogP contribution in [-0.4, -0.2) is 0 Å². The predicted molar refractivity (Wildman–Crippen MR) is 46.5 cm³/mol. The Morgan fingerprint density at radius 1 is 1.23 bits per heavy atom. The van der Waals surface area contributed by atoms with Crippen molar-refractivity contribution in [2.24, 2.45) is 5.73 Å². The molecule has 0 radical (unpaired) electrons. The smallest absolute Gasteiger partial charge is 0.144 e. The molecule has 0 aliphatic heterocycles. The molecular formula is C9H8ClF2N. The van der Waals surface area contributed by atoms with E-state index >= 15 is 0 Å². The summed E-state index contributed by atoms with van der Waals surface area (Å²) in [5.74, 6) is -1.35. The second-order valence-electron chi connectivity index (χ2n) is 3.40. The zero-order chi connectivity index (χ0) is 9.64.